The van der Waals surface area contributed by atoms with E-state index in [1.54, 1.807) is 13.2 Å². The molecule has 2 N–H and O–H groups in total. The van der Waals surface area contributed by atoms with Crippen LogP contribution in [0.15, 0.2) is 52.9 Å². The quantitative estimate of drug-likeness (QED) is 0.381. The Morgan fingerprint density at radius 3 is 2.79 bits per heavy atom. The van der Waals surface area contributed by atoms with Crippen LogP contribution in [0.2, 0.25) is 5.02 Å². The van der Waals surface area contributed by atoms with Crippen molar-refractivity contribution in [3.05, 3.63) is 70.3 Å². The first kappa shape index (κ1) is 29.7. The van der Waals surface area contributed by atoms with Crippen molar-refractivity contribution >= 4 is 33.1 Å². The van der Waals surface area contributed by atoms with Gasteiger partial charge in [0.25, 0.3) is 5.91 Å². The van der Waals surface area contributed by atoms with Crippen LogP contribution >= 0.6 is 11.6 Å². The second-order valence-corrected chi connectivity index (χ2v) is 15.4. The zero-order valence-electron chi connectivity index (χ0n) is 24.8. The summed E-state index contributed by atoms with van der Waals surface area (Å²) in [4.78, 5) is 15.8. The number of nitrogens with two attached hydrogens (primary N) is 1. The van der Waals surface area contributed by atoms with Gasteiger partial charge in [0.1, 0.15) is 15.7 Å². The van der Waals surface area contributed by atoms with Gasteiger partial charge in [0.2, 0.25) is 0 Å². The predicted octanol–water partition coefficient (Wildman–Crippen LogP) is 6.32. The normalized spacial score (nSPS) is 35.6. The number of carbonyl (C=O) groups is 1. The van der Waals surface area contributed by atoms with Gasteiger partial charge in [-0.3, -0.25) is 4.79 Å². The maximum absolute atomic E-state index is 13.5. The van der Waals surface area contributed by atoms with Gasteiger partial charge in [-0.1, -0.05) is 36.7 Å². The van der Waals surface area contributed by atoms with Gasteiger partial charge in [-0.2, -0.15) is 0 Å². The monoisotopic (exact) mass is 611 g/mol. The Hall–Kier alpha value is -2.39. The third-order valence-electron chi connectivity index (χ3n) is 10.3. The fraction of sp³-hybridized carbons (Fsp3) is 0.545. The molecule has 4 aliphatic rings. The lowest BCUT2D eigenvalue weighted by molar-refractivity contribution is 0.0131. The summed E-state index contributed by atoms with van der Waals surface area (Å²) in [5.74, 6) is 1.02. The highest BCUT2D eigenvalue weighted by Gasteiger charge is 2.44. The first-order valence-electron chi connectivity index (χ1n) is 15.2. The molecule has 7 unspecified atom stereocenters. The number of carbonyl (C=O) groups excluding carboxylic acids is 1. The average molecular weight is 612 g/mol. The number of anilines is 1. The van der Waals surface area contributed by atoms with Crippen molar-refractivity contribution in [1.82, 2.24) is 0 Å². The highest BCUT2D eigenvalue weighted by molar-refractivity contribution is 7.92. The van der Waals surface area contributed by atoms with E-state index in [4.69, 9.17) is 26.2 Å². The Balaban J connectivity index is 1.46. The van der Waals surface area contributed by atoms with Gasteiger partial charge in [0, 0.05) is 36.2 Å². The molecule has 2 aliphatic heterocycles. The van der Waals surface area contributed by atoms with E-state index in [0.29, 0.717) is 30.4 Å². The van der Waals surface area contributed by atoms with Crippen molar-refractivity contribution < 1.29 is 18.5 Å². The second kappa shape index (κ2) is 11.6. The molecular formula is C33H42ClN3O4S. The third-order valence-corrected chi connectivity index (χ3v) is 12.5. The Kier molecular flexibility index (Phi) is 8.20. The van der Waals surface area contributed by atoms with Gasteiger partial charge >= 0.3 is 0 Å². The zero-order valence-corrected chi connectivity index (χ0v) is 26.3. The van der Waals surface area contributed by atoms with Crippen LogP contribution in [0, 0.1) is 17.8 Å². The Morgan fingerprint density at radius 1 is 1.19 bits per heavy atom. The topological polar surface area (TPSA) is 94.2 Å². The van der Waals surface area contributed by atoms with E-state index in [2.05, 4.69) is 33.5 Å². The van der Waals surface area contributed by atoms with Crippen molar-refractivity contribution in [3.63, 3.8) is 0 Å². The lowest BCUT2D eigenvalue weighted by atomic mass is 9.68. The molecule has 7 atom stereocenters. The van der Waals surface area contributed by atoms with Crippen molar-refractivity contribution in [3.8, 4) is 5.75 Å². The number of aryl methyl sites for hydroxylation is 1. The Labute approximate surface area is 255 Å². The Morgan fingerprint density at radius 2 is 2.02 bits per heavy atom. The molecule has 1 amide bonds. The molecule has 1 saturated carbocycles. The average Bonchev–Trinajstić information content (AvgIpc) is 3.10. The minimum absolute atomic E-state index is 0.00759. The van der Waals surface area contributed by atoms with Crippen LogP contribution in [-0.2, 0) is 26.5 Å². The van der Waals surface area contributed by atoms with Gasteiger partial charge in [-0.05, 0) is 105 Å². The number of hydrogen-bond donors (Lipinski definition) is 1. The maximum Gasteiger partial charge on any atom is 0.286 e. The number of fused-ring (bicyclic) bond motifs is 4. The molecule has 6 rings (SSSR count). The maximum atomic E-state index is 13.5. The van der Waals surface area contributed by atoms with Crippen LogP contribution in [0.1, 0.15) is 67.4 Å². The molecule has 2 aliphatic carbocycles. The van der Waals surface area contributed by atoms with Crippen LogP contribution in [0.5, 0.6) is 5.75 Å². The number of hydrogen-bond acceptors (Lipinski definition) is 5. The van der Waals surface area contributed by atoms with E-state index in [1.165, 1.54) is 11.1 Å². The number of methoxy groups -OCH3 is 1. The van der Waals surface area contributed by atoms with Crippen molar-refractivity contribution in [2.24, 2.45) is 27.3 Å². The highest BCUT2D eigenvalue weighted by Crippen LogP contribution is 2.47. The molecule has 9 heteroatoms. The van der Waals surface area contributed by atoms with E-state index in [9.17, 15) is 9.00 Å². The molecule has 2 aromatic rings. The number of halogens is 1. The smallest absolute Gasteiger partial charge is 0.286 e. The van der Waals surface area contributed by atoms with E-state index < -0.39 is 21.1 Å². The largest absolute Gasteiger partial charge is 0.490 e. The highest BCUT2D eigenvalue weighted by atomic mass is 35.5. The molecule has 7 nitrogen and oxygen atoms in total. The van der Waals surface area contributed by atoms with Gasteiger partial charge in [0.05, 0.1) is 23.6 Å². The molecule has 2 heterocycles. The summed E-state index contributed by atoms with van der Waals surface area (Å²) in [6.45, 7) is 5.96. The summed E-state index contributed by atoms with van der Waals surface area (Å²) in [5, 5.41) is 6.53. The first-order valence-corrected chi connectivity index (χ1v) is 17.2. The third kappa shape index (κ3) is 5.51. The molecule has 2 aromatic carbocycles. The van der Waals surface area contributed by atoms with Gasteiger partial charge < -0.3 is 14.4 Å². The van der Waals surface area contributed by atoms with Crippen LogP contribution in [0.25, 0.3) is 0 Å². The molecule has 2 bridgehead atoms. The zero-order chi connectivity index (χ0) is 29.6. The SMILES string of the molecule is COC1/C=C/CC(C)C(C)S(N)(=O)=NC(=O)c2ccc3c(c2)N(CC2CCC21)CC1(CCCc2cc(Cl)ccc21)CO3. The second-order valence-electron chi connectivity index (χ2n) is 12.8. The summed E-state index contributed by atoms with van der Waals surface area (Å²) < 4.78 is 30.2. The number of amides is 1. The van der Waals surface area contributed by atoms with Crippen LogP contribution in [0.4, 0.5) is 5.69 Å². The lowest BCUT2D eigenvalue weighted by Gasteiger charge is -2.46. The Bertz CT molecular complexity index is 1520. The molecule has 1 spiro atoms. The van der Waals surface area contributed by atoms with E-state index >= 15 is 0 Å². The van der Waals surface area contributed by atoms with Crippen molar-refractivity contribution in [1.29, 1.82) is 0 Å². The van der Waals surface area contributed by atoms with Gasteiger partial charge in [-0.25, -0.2) is 9.35 Å². The molecule has 1 fully saturated rings. The fourth-order valence-electron chi connectivity index (χ4n) is 7.40. The van der Waals surface area contributed by atoms with Crippen LogP contribution < -0.4 is 14.8 Å². The van der Waals surface area contributed by atoms with Gasteiger partial charge in [0.15, 0.2) is 0 Å². The number of ether oxygens (including phenoxy) is 2. The summed E-state index contributed by atoms with van der Waals surface area (Å²) in [7, 11) is -1.48. The number of allylic oxidation sites excluding steroid dienone is 1. The molecule has 226 valence electrons. The van der Waals surface area contributed by atoms with E-state index in [-0.39, 0.29) is 17.4 Å². The van der Waals surface area contributed by atoms with E-state index in [0.717, 1.165) is 61.7 Å². The summed E-state index contributed by atoms with van der Waals surface area (Å²) in [6, 6.07) is 11.7. The van der Waals surface area contributed by atoms with Crippen molar-refractivity contribution in [2.45, 2.75) is 69.1 Å². The molecule has 0 radical (unpaired) electrons. The summed E-state index contributed by atoms with van der Waals surface area (Å²) in [5.41, 5.74) is 3.64. The number of benzene rings is 2. The van der Waals surface area contributed by atoms with Crippen molar-refractivity contribution in [2.75, 3.05) is 31.7 Å². The van der Waals surface area contributed by atoms with E-state index in [1.807, 2.05) is 32.0 Å². The predicted molar refractivity (Wildman–Crippen MR) is 169 cm³/mol. The molecular weight excluding hydrogens is 570 g/mol. The molecule has 42 heavy (non-hydrogen) atoms. The fourth-order valence-corrected chi connectivity index (χ4v) is 8.90. The number of rotatable bonds is 1. The standard InChI is InChI=1S/C33H42ClN3O4S/c1-21-6-4-8-30(40-3)27-12-9-25(27)18-37-19-33(15-5-7-23-16-26(34)11-13-28(23)33)20-41-31-14-10-24(17-29(31)37)32(38)36-42(35,39)22(21)2/h4,8,10-11,13-14,16-17,21-22,25,27,30H,5-7,9,12,15,18-20H2,1-3H3,(H2,35,36,38,39)/b8-4+. The lowest BCUT2D eigenvalue weighted by Crippen LogP contribution is -2.49. The van der Waals surface area contributed by atoms with Gasteiger partial charge in [-0.15, -0.1) is 4.36 Å². The number of nitrogens with zero attached hydrogens (tertiary/aromatic N) is 2. The minimum Gasteiger partial charge on any atom is -0.490 e. The summed E-state index contributed by atoms with van der Waals surface area (Å²) in [6.07, 6.45) is 10.3. The minimum atomic E-state index is -3.26. The summed E-state index contributed by atoms with van der Waals surface area (Å²) >= 11 is 6.41. The molecule has 0 aromatic heterocycles. The first-order chi connectivity index (χ1) is 20.1. The van der Waals surface area contributed by atoms with Crippen LogP contribution in [-0.4, -0.2) is 48.3 Å². The molecule has 0 saturated heterocycles. The van der Waals surface area contributed by atoms with Crippen LogP contribution in [0.3, 0.4) is 0 Å².